The number of carboxylic acids is 1. The minimum Gasteiger partial charge on any atom is -0.494 e. The fraction of sp³-hybridized carbons (Fsp3) is 0.368. The number of carboxylic acid groups (broad SMARTS) is 1. The average Bonchev–Trinajstić information content (AvgIpc) is 3.18. The Morgan fingerprint density at radius 1 is 1.26 bits per heavy atom. The Morgan fingerprint density at radius 2 is 1.93 bits per heavy atom. The first-order chi connectivity index (χ1) is 12.7. The van der Waals surface area contributed by atoms with Crippen LogP contribution in [-0.2, 0) is 21.2 Å². The van der Waals surface area contributed by atoms with E-state index in [4.69, 9.17) is 4.74 Å². The van der Waals surface area contributed by atoms with Crippen LogP contribution < -0.4 is 4.74 Å². The van der Waals surface area contributed by atoms with Crippen molar-refractivity contribution in [1.29, 1.82) is 0 Å². The molecule has 1 atom stereocenters. The van der Waals surface area contributed by atoms with Crippen LogP contribution in [0.3, 0.4) is 0 Å². The van der Waals surface area contributed by atoms with Crippen molar-refractivity contribution in [2.24, 2.45) is 0 Å². The standard InChI is InChI=1S/C19H21NO6S/c1-3-10-26-13-6-4-12(5-7-13)18(21)17-16(27(2,24)25)11-15-14(19(22)23)8-9-20(15)17/h4-7,11,14H,3,8-10H2,1-2H3,(H,22,23). The molecule has 8 heteroatoms. The number of hydrogen-bond donors (Lipinski definition) is 1. The minimum atomic E-state index is -3.69. The van der Waals surface area contributed by atoms with Gasteiger partial charge in [0.2, 0.25) is 5.78 Å². The SMILES string of the molecule is CCCOc1ccc(C(=O)c2c(S(C)(=O)=O)cc3n2CCC3C(=O)O)cc1. The third-order valence-electron chi connectivity index (χ3n) is 4.59. The van der Waals surface area contributed by atoms with Gasteiger partial charge in [0.25, 0.3) is 0 Å². The van der Waals surface area contributed by atoms with E-state index >= 15 is 0 Å². The fourth-order valence-corrected chi connectivity index (χ4v) is 4.19. The average molecular weight is 391 g/mol. The summed E-state index contributed by atoms with van der Waals surface area (Å²) in [5.41, 5.74) is 0.705. The van der Waals surface area contributed by atoms with Crippen molar-refractivity contribution in [2.45, 2.75) is 37.1 Å². The van der Waals surface area contributed by atoms with E-state index in [-0.39, 0.29) is 10.6 Å². The Kier molecular flexibility index (Phi) is 5.10. The summed E-state index contributed by atoms with van der Waals surface area (Å²) < 4.78 is 31.4. The van der Waals surface area contributed by atoms with Crippen LogP contribution in [0.25, 0.3) is 0 Å². The lowest BCUT2D eigenvalue weighted by atomic mass is 10.1. The molecule has 144 valence electrons. The van der Waals surface area contributed by atoms with Crippen LogP contribution in [0.1, 0.15) is 47.4 Å². The van der Waals surface area contributed by atoms with Crippen LogP contribution in [0.2, 0.25) is 0 Å². The summed E-state index contributed by atoms with van der Waals surface area (Å²) in [5.74, 6) is -1.66. The number of nitrogens with zero attached hydrogens (tertiary/aromatic N) is 1. The summed E-state index contributed by atoms with van der Waals surface area (Å²) in [4.78, 5) is 24.4. The highest BCUT2D eigenvalue weighted by Gasteiger charge is 2.36. The number of rotatable bonds is 7. The lowest BCUT2D eigenvalue weighted by Gasteiger charge is -2.09. The summed E-state index contributed by atoms with van der Waals surface area (Å²) in [7, 11) is -3.69. The zero-order valence-electron chi connectivity index (χ0n) is 15.1. The summed E-state index contributed by atoms with van der Waals surface area (Å²) in [5, 5.41) is 9.36. The molecule has 0 fully saturated rings. The molecule has 0 bridgehead atoms. The molecule has 1 aromatic heterocycles. The second kappa shape index (κ2) is 7.19. The number of hydrogen-bond acceptors (Lipinski definition) is 5. The Balaban J connectivity index is 2.04. The van der Waals surface area contributed by atoms with Gasteiger partial charge < -0.3 is 14.4 Å². The Labute approximate surface area is 157 Å². The molecule has 1 unspecified atom stereocenters. The third kappa shape index (κ3) is 3.62. The van der Waals surface area contributed by atoms with E-state index in [0.717, 1.165) is 12.7 Å². The van der Waals surface area contributed by atoms with Gasteiger partial charge in [-0.3, -0.25) is 9.59 Å². The highest BCUT2D eigenvalue weighted by atomic mass is 32.2. The maximum absolute atomic E-state index is 13.1. The first kappa shape index (κ1) is 19.2. The third-order valence-corrected chi connectivity index (χ3v) is 5.70. The predicted octanol–water partition coefficient (Wildman–Crippen LogP) is 2.48. The van der Waals surface area contributed by atoms with Gasteiger partial charge in [-0.05, 0) is 43.2 Å². The molecule has 2 heterocycles. The number of fused-ring (bicyclic) bond motifs is 1. The van der Waals surface area contributed by atoms with Crippen molar-refractivity contribution in [2.75, 3.05) is 12.9 Å². The molecule has 1 N–H and O–H groups in total. The van der Waals surface area contributed by atoms with Crippen LogP contribution in [0.15, 0.2) is 35.2 Å². The number of benzene rings is 1. The molecule has 2 aromatic rings. The topological polar surface area (TPSA) is 103 Å². The second-order valence-corrected chi connectivity index (χ2v) is 8.57. The minimum absolute atomic E-state index is 0.0264. The van der Waals surface area contributed by atoms with Gasteiger partial charge in [0.1, 0.15) is 11.4 Å². The van der Waals surface area contributed by atoms with Gasteiger partial charge in [-0.25, -0.2) is 8.42 Å². The molecule has 1 aliphatic heterocycles. The normalized spacial score (nSPS) is 16.1. The Hall–Kier alpha value is -2.61. The van der Waals surface area contributed by atoms with E-state index in [1.165, 1.54) is 10.6 Å². The van der Waals surface area contributed by atoms with E-state index in [1.54, 1.807) is 24.3 Å². The van der Waals surface area contributed by atoms with Crippen molar-refractivity contribution < 1.29 is 27.9 Å². The van der Waals surface area contributed by atoms with Crippen LogP contribution >= 0.6 is 0 Å². The lowest BCUT2D eigenvalue weighted by Crippen LogP contribution is -2.13. The molecule has 27 heavy (non-hydrogen) atoms. The molecule has 0 aliphatic carbocycles. The molecule has 0 saturated heterocycles. The lowest BCUT2D eigenvalue weighted by molar-refractivity contribution is -0.138. The molecule has 7 nitrogen and oxygen atoms in total. The van der Waals surface area contributed by atoms with Gasteiger partial charge in [0.05, 0.1) is 17.4 Å². The molecular weight excluding hydrogens is 370 g/mol. The zero-order valence-corrected chi connectivity index (χ0v) is 16.0. The maximum Gasteiger partial charge on any atom is 0.312 e. The van der Waals surface area contributed by atoms with E-state index in [2.05, 4.69) is 0 Å². The molecule has 1 aromatic carbocycles. The quantitative estimate of drug-likeness (QED) is 0.728. The first-order valence-electron chi connectivity index (χ1n) is 8.68. The summed E-state index contributed by atoms with van der Waals surface area (Å²) in [6.07, 6.45) is 2.21. The fourth-order valence-electron chi connectivity index (χ4n) is 3.30. The monoisotopic (exact) mass is 391 g/mol. The van der Waals surface area contributed by atoms with E-state index in [1.807, 2.05) is 6.92 Å². The maximum atomic E-state index is 13.1. The highest BCUT2D eigenvalue weighted by Crippen LogP contribution is 2.36. The largest absolute Gasteiger partial charge is 0.494 e. The molecule has 1 aliphatic rings. The van der Waals surface area contributed by atoms with Gasteiger partial charge in [-0.2, -0.15) is 0 Å². The molecular formula is C19H21NO6S. The highest BCUT2D eigenvalue weighted by molar-refractivity contribution is 7.90. The summed E-state index contributed by atoms with van der Waals surface area (Å²) in [6.45, 7) is 2.84. The van der Waals surface area contributed by atoms with Crippen molar-refractivity contribution in [3.05, 3.63) is 47.3 Å². The number of ether oxygens (including phenoxy) is 1. The second-order valence-electron chi connectivity index (χ2n) is 6.59. The number of sulfone groups is 1. The van der Waals surface area contributed by atoms with Gasteiger partial charge in [-0.15, -0.1) is 0 Å². The van der Waals surface area contributed by atoms with Gasteiger partial charge in [-0.1, -0.05) is 6.92 Å². The smallest absolute Gasteiger partial charge is 0.312 e. The van der Waals surface area contributed by atoms with E-state index < -0.39 is 27.5 Å². The van der Waals surface area contributed by atoms with Crippen LogP contribution in [0.5, 0.6) is 5.75 Å². The zero-order chi connectivity index (χ0) is 19.8. The summed E-state index contributed by atoms with van der Waals surface area (Å²) in [6, 6.07) is 7.83. The number of ketones is 1. The first-order valence-corrected chi connectivity index (χ1v) is 10.6. The number of carbonyl (C=O) groups excluding carboxylic acids is 1. The van der Waals surface area contributed by atoms with Crippen molar-refractivity contribution in [3.8, 4) is 5.75 Å². The molecule has 0 spiro atoms. The van der Waals surface area contributed by atoms with Crippen LogP contribution in [0, 0.1) is 0 Å². The molecule has 0 radical (unpaired) electrons. The Bertz CT molecular complexity index is 988. The van der Waals surface area contributed by atoms with Gasteiger partial charge >= 0.3 is 5.97 Å². The van der Waals surface area contributed by atoms with Crippen LogP contribution in [-0.4, -0.2) is 42.7 Å². The number of carbonyl (C=O) groups is 2. The molecule has 0 amide bonds. The summed E-state index contributed by atoms with van der Waals surface area (Å²) >= 11 is 0. The van der Waals surface area contributed by atoms with E-state index in [0.29, 0.717) is 36.6 Å². The van der Waals surface area contributed by atoms with Gasteiger partial charge in [0.15, 0.2) is 9.84 Å². The predicted molar refractivity (Wildman–Crippen MR) is 98.2 cm³/mol. The van der Waals surface area contributed by atoms with E-state index in [9.17, 15) is 23.1 Å². The molecule has 0 saturated carbocycles. The van der Waals surface area contributed by atoms with Crippen molar-refractivity contribution >= 4 is 21.6 Å². The van der Waals surface area contributed by atoms with Crippen molar-refractivity contribution in [3.63, 3.8) is 0 Å². The van der Waals surface area contributed by atoms with Gasteiger partial charge in [0, 0.05) is 24.1 Å². The Morgan fingerprint density at radius 3 is 2.48 bits per heavy atom. The number of aromatic nitrogens is 1. The number of aliphatic carboxylic acids is 1. The van der Waals surface area contributed by atoms with Crippen molar-refractivity contribution in [1.82, 2.24) is 4.57 Å². The molecule has 3 rings (SSSR count). The van der Waals surface area contributed by atoms with Crippen LogP contribution in [0.4, 0.5) is 0 Å².